The van der Waals surface area contributed by atoms with Crippen molar-refractivity contribution in [2.24, 2.45) is 0 Å². The second-order valence-corrected chi connectivity index (χ2v) is 7.60. The predicted octanol–water partition coefficient (Wildman–Crippen LogP) is 2.75. The smallest absolute Gasteiger partial charge is 0.292 e. The van der Waals surface area contributed by atoms with Crippen LogP contribution >= 0.6 is 11.3 Å². The Bertz CT molecular complexity index is 998. The molecule has 3 aromatic rings. The molecule has 1 fully saturated rings. The van der Waals surface area contributed by atoms with Crippen molar-refractivity contribution < 1.29 is 9.72 Å². The first-order valence-corrected chi connectivity index (χ1v) is 10.1. The monoisotopic (exact) mass is 412 g/mol. The SMILES string of the molecule is O=C(CCNc1ccccc1[N+](=O)[O-])N1CCN(c2nc3cccnc3s2)CC1. The summed E-state index contributed by atoms with van der Waals surface area (Å²) in [7, 11) is 0. The van der Waals surface area contributed by atoms with E-state index in [1.807, 2.05) is 17.0 Å². The summed E-state index contributed by atoms with van der Waals surface area (Å²) in [6, 6.07) is 10.3. The number of nitrogens with zero attached hydrogens (tertiary/aromatic N) is 5. The number of benzene rings is 1. The maximum absolute atomic E-state index is 12.5. The van der Waals surface area contributed by atoms with Crippen molar-refractivity contribution in [3.05, 3.63) is 52.7 Å². The number of hydrogen-bond donors (Lipinski definition) is 1. The van der Waals surface area contributed by atoms with Crippen LogP contribution in [0, 0.1) is 10.1 Å². The number of para-hydroxylation sites is 2. The van der Waals surface area contributed by atoms with Gasteiger partial charge in [0, 0.05) is 51.4 Å². The summed E-state index contributed by atoms with van der Waals surface area (Å²) in [5.74, 6) is 0.0432. The number of nitrogens with one attached hydrogen (secondary N) is 1. The van der Waals surface area contributed by atoms with Gasteiger partial charge in [0.2, 0.25) is 5.91 Å². The maximum atomic E-state index is 12.5. The first-order valence-electron chi connectivity index (χ1n) is 9.33. The molecule has 1 amide bonds. The molecular formula is C19H20N6O3S. The van der Waals surface area contributed by atoms with Gasteiger partial charge in [0.15, 0.2) is 5.13 Å². The van der Waals surface area contributed by atoms with E-state index in [0.29, 0.717) is 25.3 Å². The zero-order valence-corrected chi connectivity index (χ0v) is 16.5. The zero-order valence-electron chi connectivity index (χ0n) is 15.7. The predicted molar refractivity (Wildman–Crippen MR) is 112 cm³/mol. The number of hydrogen-bond acceptors (Lipinski definition) is 8. The molecule has 2 aromatic heterocycles. The number of carbonyl (C=O) groups is 1. The van der Waals surface area contributed by atoms with E-state index in [1.54, 1.807) is 35.7 Å². The molecule has 1 aliphatic rings. The quantitative estimate of drug-likeness (QED) is 0.490. The average molecular weight is 412 g/mol. The van der Waals surface area contributed by atoms with Crippen LogP contribution in [0.3, 0.4) is 0 Å². The highest BCUT2D eigenvalue weighted by Gasteiger charge is 2.23. The molecule has 0 atom stereocenters. The third-order valence-electron chi connectivity index (χ3n) is 4.81. The lowest BCUT2D eigenvalue weighted by Crippen LogP contribution is -2.49. The lowest BCUT2D eigenvalue weighted by atomic mass is 10.2. The lowest BCUT2D eigenvalue weighted by Gasteiger charge is -2.34. The molecule has 1 saturated heterocycles. The fourth-order valence-corrected chi connectivity index (χ4v) is 4.25. The van der Waals surface area contributed by atoms with E-state index in [9.17, 15) is 14.9 Å². The Morgan fingerprint density at radius 2 is 1.97 bits per heavy atom. The van der Waals surface area contributed by atoms with Crippen LogP contribution in [0.2, 0.25) is 0 Å². The first kappa shape index (κ1) is 19.1. The summed E-state index contributed by atoms with van der Waals surface area (Å²) < 4.78 is 0. The summed E-state index contributed by atoms with van der Waals surface area (Å²) in [5, 5.41) is 15.0. The molecule has 29 heavy (non-hydrogen) atoms. The van der Waals surface area contributed by atoms with Gasteiger partial charge in [-0.25, -0.2) is 9.97 Å². The number of nitro groups is 1. The standard InChI is InChI=1S/C19H20N6O3S/c26-17(7-9-20-14-4-1-2-6-16(14)25(27)28)23-10-12-24(13-11-23)19-22-15-5-3-8-21-18(15)29-19/h1-6,8,20H,7,9-13H2. The highest BCUT2D eigenvalue weighted by atomic mass is 32.1. The van der Waals surface area contributed by atoms with Gasteiger partial charge < -0.3 is 15.1 Å². The van der Waals surface area contributed by atoms with Crippen molar-refractivity contribution in [2.45, 2.75) is 6.42 Å². The van der Waals surface area contributed by atoms with Crippen molar-refractivity contribution in [1.82, 2.24) is 14.9 Å². The van der Waals surface area contributed by atoms with Crippen LogP contribution in [-0.2, 0) is 4.79 Å². The van der Waals surface area contributed by atoms with Gasteiger partial charge in [-0.1, -0.05) is 23.5 Å². The van der Waals surface area contributed by atoms with Crippen molar-refractivity contribution in [3.8, 4) is 0 Å². The summed E-state index contributed by atoms with van der Waals surface area (Å²) in [4.78, 5) is 37.0. The number of piperazine rings is 1. The van der Waals surface area contributed by atoms with Crippen molar-refractivity contribution >= 4 is 44.1 Å². The topological polar surface area (TPSA) is 104 Å². The van der Waals surface area contributed by atoms with Crippen LogP contribution in [0.15, 0.2) is 42.6 Å². The maximum Gasteiger partial charge on any atom is 0.292 e. The van der Waals surface area contributed by atoms with Crippen molar-refractivity contribution in [1.29, 1.82) is 0 Å². The Kier molecular flexibility index (Phi) is 5.52. The summed E-state index contributed by atoms with van der Waals surface area (Å²) in [6.45, 7) is 3.07. The summed E-state index contributed by atoms with van der Waals surface area (Å²) >= 11 is 1.56. The van der Waals surface area contributed by atoms with E-state index in [-0.39, 0.29) is 18.0 Å². The van der Waals surface area contributed by atoms with Gasteiger partial charge in [-0.2, -0.15) is 0 Å². The molecule has 0 radical (unpaired) electrons. The van der Waals surface area contributed by atoms with Gasteiger partial charge in [0.1, 0.15) is 16.0 Å². The van der Waals surface area contributed by atoms with Crippen molar-refractivity contribution in [2.75, 3.05) is 42.9 Å². The molecule has 4 rings (SSSR count). The van der Waals surface area contributed by atoms with E-state index in [0.717, 1.165) is 28.6 Å². The third kappa shape index (κ3) is 4.27. The molecule has 0 bridgehead atoms. The molecule has 150 valence electrons. The van der Waals surface area contributed by atoms with E-state index < -0.39 is 4.92 Å². The second-order valence-electron chi connectivity index (χ2n) is 6.64. The van der Waals surface area contributed by atoms with Crippen LogP contribution in [-0.4, -0.2) is 58.4 Å². The number of pyridine rings is 1. The van der Waals surface area contributed by atoms with E-state index in [1.165, 1.54) is 6.07 Å². The number of carbonyl (C=O) groups excluding carboxylic acids is 1. The number of nitro benzene ring substituents is 1. The Morgan fingerprint density at radius 1 is 1.17 bits per heavy atom. The molecule has 9 nitrogen and oxygen atoms in total. The minimum atomic E-state index is -0.430. The van der Waals surface area contributed by atoms with E-state index in [2.05, 4.69) is 20.2 Å². The number of rotatable bonds is 6. The molecule has 1 N–H and O–H groups in total. The van der Waals surface area contributed by atoms with Gasteiger partial charge in [-0.15, -0.1) is 0 Å². The normalized spacial score (nSPS) is 14.2. The lowest BCUT2D eigenvalue weighted by molar-refractivity contribution is -0.384. The van der Waals surface area contributed by atoms with Crippen LogP contribution in [0.4, 0.5) is 16.5 Å². The number of aromatic nitrogens is 2. The molecular weight excluding hydrogens is 392 g/mol. The van der Waals surface area contributed by atoms with Crippen LogP contribution < -0.4 is 10.2 Å². The largest absolute Gasteiger partial charge is 0.379 e. The summed E-state index contributed by atoms with van der Waals surface area (Å²) in [5.41, 5.74) is 1.34. The average Bonchev–Trinajstić information content (AvgIpc) is 3.18. The molecule has 0 saturated carbocycles. The zero-order chi connectivity index (χ0) is 20.2. The second kappa shape index (κ2) is 8.39. The molecule has 0 unspecified atom stereocenters. The third-order valence-corrected chi connectivity index (χ3v) is 5.85. The van der Waals surface area contributed by atoms with Crippen LogP contribution in [0.1, 0.15) is 6.42 Å². The van der Waals surface area contributed by atoms with Gasteiger partial charge in [0.25, 0.3) is 5.69 Å². The van der Waals surface area contributed by atoms with Crippen LogP contribution in [0.25, 0.3) is 10.3 Å². The highest BCUT2D eigenvalue weighted by molar-refractivity contribution is 7.21. The van der Waals surface area contributed by atoms with E-state index >= 15 is 0 Å². The molecule has 1 aromatic carbocycles. The summed E-state index contributed by atoms with van der Waals surface area (Å²) in [6.07, 6.45) is 2.05. The Morgan fingerprint density at radius 3 is 2.72 bits per heavy atom. The van der Waals surface area contributed by atoms with Gasteiger partial charge in [-0.3, -0.25) is 14.9 Å². The molecule has 1 aliphatic heterocycles. The van der Waals surface area contributed by atoms with Gasteiger partial charge in [-0.05, 0) is 18.2 Å². The molecule has 3 heterocycles. The minimum Gasteiger partial charge on any atom is -0.379 e. The van der Waals surface area contributed by atoms with Crippen molar-refractivity contribution in [3.63, 3.8) is 0 Å². The highest BCUT2D eigenvalue weighted by Crippen LogP contribution is 2.27. The number of anilines is 2. The number of fused-ring (bicyclic) bond motifs is 1. The van der Waals surface area contributed by atoms with Gasteiger partial charge >= 0.3 is 0 Å². The number of amides is 1. The molecule has 0 spiro atoms. The Labute approximate surface area is 171 Å². The fourth-order valence-electron chi connectivity index (χ4n) is 3.29. The first-order chi connectivity index (χ1) is 14.1. The Hall–Kier alpha value is -3.27. The number of thiazole rings is 1. The molecule has 10 heteroatoms. The minimum absolute atomic E-state index is 0.0129. The van der Waals surface area contributed by atoms with Crippen LogP contribution in [0.5, 0.6) is 0 Å². The molecule has 0 aliphatic carbocycles. The fraction of sp³-hybridized carbons (Fsp3) is 0.316. The Balaban J connectivity index is 1.27. The van der Waals surface area contributed by atoms with E-state index in [4.69, 9.17) is 0 Å². The van der Waals surface area contributed by atoms with Gasteiger partial charge in [0.05, 0.1) is 4.92 Å².